The fourth-order valence-corrected chi connectivity index (χ4v) is 5.37. The second kappa shape index (κ2) is 13.3. The number of carbonyl (C=O) groups excluding carboxylic acids is 1. The summed E-state index contributed by atoms with van der Waals surface area (Å²) in [5.41, 5.74) is 3.81. The van der Waals surface area contributed by atoms with Gasteiger partial charge in [-0.2, -0.15) is 0 Å². The van der Waals surface area contributed by atoms with E-state index in [0.717, 1.165) is 48.7 Å². The highest BCUT2D eigenvalue weighted by Crippen LogP contribution is 2.34. The van der Waals surface area contributed by atoms with Gasteiger partial charge in [0.15, 0.2) is 5.78 Å². The number of ether oxygens (including phenoxy) is 4. The van der Waals surface area contributed by atoms with Gasteiger partial charge in [-0.1, -0.05) is 18.2 Å². The lowest BCUT2D eigenvalue weighted by Gasteiger charge is -2.36. The number of hydrogen-bond acceptors (Lipinski definition) is 8. The summed E-state index contributed by atoms with van der Waals surface area (Å²) in [6, 6.07) is 21.1. The first-order valence-electron chi connectivity index (χ1n) is 13.9. The van der Waals surface area contributed by atoms with Crippen LogP contribution in [-0.2, 0) is 16.1 Å². The predicted molar refractivity (Wildman–Crippen MR) is 154 cm³/mol. The largest absolute Gasteiger partial charge is 0.490 e. The summed E-state index contributed by atoms with van der Waals surface area (Å²) in [5, 5.41) is 14.2. The summed E-state index contributed by atoms with van der Waals surface area (Å²) in [6.45, 7) is 6.32. The van der Waals surface area contributed by atoms with E-state index in [1.807, 2.05) is 36.4 Å². The number of benzene rings is 3. The van der Waals surface area contributed by atoms with E-state index in [4.69, 9.17) is 18.9 Å². The number of piperidine rings is 1. The molecule has 3 aromatic rings. The van der Waals surface area contributed by atoms with Crippen molar-refractivity contribution in [3.05, 3.63) is 83.4 Å². The van der Waals surface area contributed by atoms with Gasteiger partial charge in [-0.3, -0.25) is 4.79 Å². The standard InChI is InChI=1S/C32H38N2O6/c1-22(35)24-5-9-26(10-6-24)40-27-11-7-25(8-12-27)32-29(36)19-33-20-31(32)39-21-23-4-13-30-28(18-23)34(15-17-38-30)14-3-16-37-2/h4-13,18,29,31-33,36H,3,14-17,19-21H2,1-2H3. The number of β-amino-alcohol motifs (C(OH)–C–C–N with tert-alkyl or cyclic N) is 1. The number of Topliss-reactive ketones (excluding diaryl/α,β-unsaturated/α-hetero) is 1. The highest BCUT2D eigenvalue weighted by molar-refractivity contribution is 5.94. The average molecular weight is 547 g/mol. The molecule has 0 amide bonds. The third-order valence-electron chi connectivity index (χ3n) is 7.50. The van der Waals surface area contributed by atoms with Crippen LogP contribution in [0.1, 0.15) is 40.7 Å². The Morgan fingerprint density at radius 3 is 2.52 bits per heavy atom. The van der Waals surface area contributed by atoms with Crippen LogP contribution in [0.3, 0.4) is 0 Å². The van der Waals surface area contributed by atoms with Crippen molar-refractivity contribution in [1.82, 2.24) is 5.32 Å². The van der Waals surface area contributed by atoms with E-state index in [1.165, 1.54) is 0 Å². The van der Waals surface area contributed by atoms with Crippen LogP contribution >= 0.6 is 0 Å². The number of rotatable bonds is 11. The summed E-state index contributed by atoms with van der Waals surface area (Å²) in [5.74, 6) is 2.10. The number of fused-ring (bicyclic) bond motifs is 1. The molecular weight excluding hydrogens is 508 g/mol. The number of nitrogens with one attached hydrogen (secondary N) is 1. The first-order chi connectivity index (χ1) is 19.5. The Morgan fingerprint density at radius 1 is 1.05 bits per heavy atom. The highest BCUT2D eigenvalue weighted by Gasteiger charge is 2.34. The number of aliphatic hydroxyl groups is 1. The Labute approximate surface area is 235 Å². The van der Waals surface area contributed by atoms with Crippen molar-refractivity contribution in [2.75, 3.05) is 51.4 Å². The molecule has 2 N–H and O–H groups in total. The first kappa shape index (κ1) is 28.1. The minimum Gasteiger partial charge on any atom is -0.490 e. The SMILES string of the molecule is COCCCN1CCOc2ccc(COC3CNCC(O)C3c3ccc(Oc4ccc(C(C)=O)cc4)cc3)cc21. The summed E-state index contributed by atoms with van der Waals surface area (Å²) >= 11 is 0. The van der Waals surface area contributed by atoms with E-state index in [2.05, 4.69) is 16.3 Å². The van der Waals surface area contributed by atoms with E-state index >= 15 is 0 Å². The number of carbonyl (C=O) groups is 1. The van der Waals surface area contributed by atoms with Crippen molar-refractivity contribution in [3.63, 3.8) is 0 Å². The Hall–Kier alpha value is -3.43. The van der Waals surface area contributed by atoms with E-state index < -0.39 is 6.10 Å². The third kappa shape index (κ3) is 6.82. The topological polar surface area (TPSA) is 89.5 Å². The minimum absolute atomic E-state index is 0.0220. The molecule has 0 aliphatic carbocycles. The number of nitrogens with zero attached hydrogens (tertiary/aromatic N) is 1. The highest BCUT2D eigenvalue weighted by atomic mass is 16.5. The molecule has 1 fully saturated rings. The van der Waals surface area contributed by atoms with Crippen molar-refractivity contribution in [2.45, 2.75) is 38.1 Å². The Kier molecular flexibility index (Phi) is 9.34. The molecule has 8 heteroatoms. The average Bonchev–Trinajstić information content (AvgIpc) is 2.97. The summed E-state index contributed by atoms with van der Waals surface area (Å²) in [6.07, 6.45) is 0.192. The number of anilines is 1. The molecule has 40 heavy (non-hydrogen) atoms. The normalized spacial score (nSPS) is 20.5. The van der Waals surface area contributed by atoms with Crippen LogP contribution in [0.4, 0.5) is 5.69 Å². The molecule has 3 aromatic carbocycles. The lowest BCUT2D eigenvalue weighted by atomic mass is 9.85. The zero-order valence-electron chi connectivity index (χ0n) is 23.2. The van der Waals surface area contributed by atoms with Crippen LogP contribution in [-0.4, -0.2) is 69.6 Å². The van der Waals surface area contributed by atoms with Gasteiger partial charge in [0, 0.05) is 44.8 Å². The van der Waals surface area contributed by atoms with Gasteiger partial charge in [0.25, 0.3) is 0 Å². The van der Waals surface area contributed by atoms with Crippen LogP contribution in [0.25, 0.3) is 0 Å². The molecule has 2 aliphatic rings. The van der Waals surface area contributed by atoms with Gasteiger partial charge >= 0.3 is 0 Å². The maximum absolute atomic E-state index is 11.5. The number of methoxy groups -OCH3 is 1. The first-order valence-corrected chi connectivity index (χ1v) is 13.9. The molecule has 0 radical (unpaired) electrons. The zero-order valence-corrected chi connectivity index (χ0v) is 23.2. The number of hydrogen-bond donors (Lipinski definition) is 2. The molecule has 8 nitrogen and oxygen atoms in total. The Balaban J connectivity index is 1.24. The van der Waals surface area contributed by atoms with Gasteiger partial charge < -0.3 is 34.3 Å². The van der Waals surface area contributed by atoms with Gasteiger partial charge in [0.05, 0.1) is 31.0 Å². The lowest BCUT2D eigenvalue weighted by molar-refractivity contribution is -0.0328. The van der Waals surface area contributed by atoms with Crippen molar-refractivity contribution >= 4 is 11.5 Å². The molecule has 0 aromatic heterocycles. The molecule has 3 atom stereocenters. The molecule has 0 saturated carbocycles. The Morgan fingerprint density at radius 2 is 1.80 bits per heavy atom. The maximum Gasteiger partial charge on any atom is 0.159 e. The summed E-state index contributed by atoms with van der Waals surface area (Å²) in [4.78, 5) is 13.9. The second-order valence-corrected chi connectivity index (χ2v) is 10.3. The molecule has 2 heterocycles. The van der Waals surface area contributed by atoms with Crippen LogP contribution < -0.4 is 19.7 Å². The van der Waals surface area contributed by atoms with Gasteiger partial charge in [-0.05, 0) is 73.0 Å². The molecule has 2 aliphatic heterocycles. The van der Waals surface area contributed by atoms with Gasteiger partial charge in [-0.15, -0.1) is 0 Å². The van der Waals surface area contributed by atoms with Crippen LogP contribution in [0.5, 0.6) is 17.2 Å². The lowest BCUT2D eigenvalue weighted by Crippen LogP contribution is -2.49. The molecule has 212 valence electrons. The van der Waals surface area contributed by atoms with E-state index in [-0.39, 0.29) is 17.8 Å². The number of aliphatic hydroxyl groups excluding tert-OH is 1. The van der Waals surface area contributed by atoms with Gasteiger partial charge in [-0.25, -0.2) is 0 Å². The molecule has 0 bridgehead atoms. The van der Waals surface area contributed by atoms with Crippen molar-refractivity contribution in [2.24, 2.45) is 0 Å². The fraction of sp³-hybridized carbons (Fsp3) is 0.406. The van der Waals surface area contributed by atoms with Crippen molar-refractivity contribution in [3.8, 4) is 17.2 Å². The van der Waals surface area contributed by atoms with Gasteiger partial charge in [0.1, 0.15) is 23.9 Å². The van der Waals surface area contributed by atoms with Crippen LogP contribution in [0, 0.1) is 0 Å². The molecule has 3 unspecified atom stereocenters. The summed E-state index contributed by atoms with van der Waals surface area (Å²) in [7, 11) is 1.73. The molecular formula is C32H38N2O6. The maximum atomic E-state index is 11.5. The van der Waals surface area contributed by atoms with Crippen molar-refractivity contribution in [1.29, 1.82) is 0 Å². The Bertz CT molecular complexity index is 1260. The van der Waals surface area contributed by atoms with Crippen molar-refractivity contribution < 1.29 is 28.8 Å². The third-order valence-corrected chi connectivity index (χ3v) is 7.50. The number of ketones is 1. The fourth-order valence-electron chi connectivity index (χ4n) is 5.37. The van der Waals surface area contributed by atoms with Crippen LogP contribution in [0.2, 0.25) is 0 Å². The molecule has 0 spiro atoms. The molecule has 5 rings (SSSR count). The van der Waals surface area contributed by atoms with Crippen LogP contribution in [0.15, 0.2) is 66.7 Å². The predicted octanol–water partition coefficient (Wildman–Crippen LogP) is 4.55. The monoisotopic (exact) mass is 546 g/mol. The second-order valence-electron chi connectivity index (χ2n) is 10.3. The molecule has 1 saturated heterocycles. The smallest absolute Gasteiger partial charge is 0.159 e. The summed E-state index contributed by atoms with van der Waals surface area (Å²) < 4.78 is 23.5. The van der Waals surface area contributed by atoms with E-state index in [9.17, 15) is 9.90 Å². The minimum atomic E-state index is -0.571. The quantitative estimate of drug-likeness (QED) is 0.268. The van der Waals surface area contributed by atoms with Gasteiger partial charge in [0.2, 0.25) is 0 Å². The van der Waals surface area contributed by atoms with E-state index in [0.29, 0.717) is 43.4 Å². The zero-order chi connectivity index (χ0) is 27.9. The van der Waals surface area contributed by atoms with E-state index in [1.54, 1.807) is 38.3 Å².